The highest BCUT2D eigenvalue weighted by molar-refractivity contribution is 9.10. The monoisotopic (exact) mass is 395 g/mol. The Labute approximate surface area is 148 Å². The predicted molar refractivity (Wildman–Crippen MR) is 89.1 cm³/mol. The Morgan fingerprint density at radius 1 is 1.12 bits per heavy atom. The normalized spacial score (nSPS) is 11.1. The molecule has 1 heterocycles. The number of halogens is 1. The number of carbonyl (C=O) groups is 2. The zero-order chi connectivity index (χ0) is 17.6. The van der Waals surface area contributed by atoms with Crippen molar-refractivity contribution in [2.45, 2.75) is 25.8 Å². The second kappa shape index (κ2) is 8.05. The first-order valence-corrected chi connectivity index (χ1v) is 8.29. The smallest absolute Gasteiger partial charge is 0.346 e. The Morgan fingerprint density at radius 2 is 1.71 bits per heavy atom. The molecule has 2 aromatic rings. The van der Waals surface area contributed by atoms with Gasteiger partial charge in [-0.1, -0.05) is 33.3 Å². The van der Waals surface area contributed by atoms with E-state index in [9.17, 15) is 9.59 Å². The van der Waals surface area contributed by atoms with E-state index in [0.29, 0.717) is 0 Å². The summed E-state index contributed by atoms with van der Waals surface area (Å²) in [6, 6.07) is 7.29. The van der Waals surface area contributed by atoms with Gasteiger partial charge in [0.15, 0.2) is 0 Å². The summed E-state index contributed by atoms with van der Waals surface area (Å²) in [6.45, 7) is 3.62. The number of rotatable bonds is 7. The second-order valence-electron chi connectivity index (χ2n) is 4.95. The molecule has 8 heteroatoms. The molecule has 0 saturated carbocycles. The predicted octanol–water partition coefficient (Wildman–Crippen LogP) is 2.10. The third kappa shape index (κ3) is 3.64. The number of nitrogens with zero attached hydrogens (tertiary/aromatic N) is 3. The van der Waals surface area contributed by atoms with Crippen LogP contribution in [0.1, 0.15) is 19.4 Å². The molecule has 0 bridgehead atoms. The van der Waals surface area contributed by atoms with E-state index in [4.69, 9.17) is 9.47 Å². The lowest BCUT2D eigenvalue weighted by atomic mass is 9.90. The fraction of sp³-hybridized carbons (Fsp3) is 0.375. The molecule has 2 rings (SSSR count). The van der Waals surface area contributed by atoms with E-state index in [2.05, 4.69) is 26.2 Å². The van der Waals surface area contributed by atoms with Crippen LogP contribution in [0.5, 0.6) is 0 Å². The van der Waals surface area contributed by atoms with Crippen molar-refractivity contribution in [3.8, 4) is 0 Å². The van der Waals surface area contributed by atoms with Crippen molar-refractivity contribution in [3.05, 3.63) is 46.7 Å². The van der Waals surface area contributed by atoms with Crippen molar-refractivity contribution < 1.29 is 19.1 Å². The molecular formula is C16H18BrN3O4. The van der Waals surface area contributed by atoms with Crippen LogP contribution in [0.15, 0.2) is 41.1 Å². The fourth-order valence-electron chi connectivity index (χ4n) is 2.31. The molecule has 0 aliphatic carbocycles. The molecule has 0 fully saturated rings. The van der Waals surface area contributed by atoms with Crippen molar-refractivity contribution >= 4 is 27.9 Å². The summed E-state index contributed by atoms with van der Waals surface area (Å²) in [7, 11) is 0. The van der Waals surface area contributed by atoms with Gasteiger partial charge in [0.1, 0.15) is 0 Å². The fourth-order valence-corrected chi connectivity index (χ4v) is 2.57. The standard InChI is InChI=1S/C16H18BrN3O4/c1-3-23-14(21)16(15(22)24-4-2,20-10-9-18-19-20)11-12-5-7-13(17)8-6-12/h5-10H,3-4,11H2,1-2H3. The van der Waals surface area contributed by atoms with E-state index in [-0.39, 0.29) is 19.6 Å². The summed E-state index contributed by atoms with van der Waals surface area (Å²) < 4.78 is 12.4. The van der Waals surface area contributed by atoms with E-state index >= 15 is 0 Å². The Morgan fingerprint density at radius 3 is 2.17 bits per heavy atom. The van der Waals surface area contributed by atoms with Crippen molar-refractivity contribution in [3.63, 3.8) is 0 Å². The molecule has 0 radical (unpaired) electrons. The summed E-state index contributed by atoms with van der Waals surface area (Å²) >= 11 is 3.36. The van der Waals surface area contributed by atoms with Crippen LogP contribution in [0.25, 0.3) is 0 Å². The second-order valence-corrected chi connectivity index (χ2v) is 5.87. The van der Waals surface area contributed by atoms with E-state index in [1.54, 1.807) is 13.8 Å². The molecule has 128 valence electrons. The van der Waals surface area contributed by atoms with Crippen molar-refractivity contribution in [1.82, 2.24) is 15.0 Å². The highest BCUT2D eigenvalue weighted by Gasteiger charge is 2.52. The molecule has 1 aromatic carbocycles. The minimum atomic E-state index is -1.75. The molecule has 0 amide bonds. The van der Waals surface area contributed by atoms with Crippen molar-refractivity contribution in [2.24, 2.45) is 0 Å². The van der Waals surface area contributed by atoms with Gasteiger partial charge in [-0.15, -0.1) is 5.10 Å². The van der Waals surface area contributed by atoms with Crippen LogP contribution in [-0.4, -0.2) is 40.1 Å². The van der Waals surface area contributed by atoms with Gasteiger partial charge in [-0.2, -0.15) is 0 Å². The van der Waals surface area contributed by atoms with Gasteiger partial charge in [-0.3, -0.25) is 0 Å². The van der Waals surface area contributed by atoms with Gasteiger partial charge in [0.25, 0.3) is 5.54 Å². The molecule has 0 spiro atoms. The molecule has 0 aliphatic heterocycles. The maximum absolute atomic E-state index is 12.7. The minimum Gasteiger partial charge on any atom is -0.464 e. The highest BCUT2D eigenvalue weighted by Crippen LogP contribution is 2.26. The molecule has 0 saturated heterocycles. The summed E-state index contributed by atoms with van der Waals surface area (Å²) in [4.78, 5) is 25.5. The summed E-state index contributed by atoms with van der Waals surface area (Å²) in [5.74, 6) is -1.45. The lowest BCUT2D eigenvalue weighted by Gasteiger charge is -2.29. The number of esters is 2. The van der Waals surface area contributed by atoms with Crippen LogP contribution in [-0.2, 0) is 31.0 Å². The first-order valence-electron chi connectivity index (χ1n) is 7.50. The average molecular weight is 396 g/mol. The van der Waals surface area contributed by atoms with Crippen LogP contribution in [0.4, 0.5) is 0 Å². The van der Waals surface area contributed by atoms with Gasteiger partial charge >= 0.3 is 11.9 Å². The first kappa shape index (κ1) is 18.1. The SMILES string of the molecule is CCOC(=O)C(Cc1ccc(Br)cc1)(C(=O)OCC)n1ccnn1. The lowest BCUT2D eigenvalue weighted by Crippen LogP contribution is -2.53. The lowest BCUT2D eigenvalue weighted by molar-refractivity contribution is -0.171. The van der Waals surface area contributed by atoms with Crippen molar-refractivity contribution in [1.29, 1.82) is 0 Å². The minimum absolute atomic E-state index is 0.0430. The number of ether oxygens (including phenoxy) is 2. The average Bonchev–Trinajstić information content (AvgIpc) is 3.09. The molecule has 0 aliphatic rings. The molecule has 7 nitrogen and oxygen atoms in total. The molecule has 1 aromatic heterocycles. The molecular weight excluding hydrogens is 378 g/mol. The first-order chi connectivity index (χ1) is 11.5. The molecule has 0 unspecified atom stereocenters. The largest absolute Gasteiger partial charge is 0.464 e. The summed E-state index contributed by atoms with van der Waals surface area (Å²) in [5, 5.41) is 7.58. The van der Waals surface area contributed by atoms with Gasteiger partial charge in [-0.25, -0.2) is 14.3 Å². The topological polar surface area (TPSA) is 83.3 Å². The van der Waals surface area contributed by atoms with Gasteiger partial charge in [0.05, 0.1) is 19.4 Å². The van der Waals surface area contributed by atoms with Crippen LogP contribution in [0.3, 0.4) is 0 Å². The zero-order valence-corrected chi connectivity index (χ0v) is 15.0. The number of aromatic nitrogens is 3. The van der Waals surface area contributed by atoms with Gasteiger partial charge in [-0.05, 0) is 31.5 Å². The maximum atomic E-state index is 12.7. The third-order valence-electron chi connectivity index (χ3n) is 3.41. The maximum Gasteiger partial charge on any atom is 0.346 e. The Balaban J connectivity index is 2.53. The van der Waals surface area contributed by atoms with E-state index in [1.807, 2.05) is 24.3 Å². The van der Waals surface area contributed by atoms with Crippen LogP contribution >= 0.6 is 15.9 Å². The Kier molecular flexibility index (Phi) is 6.08. The van der Waals surface area contributed by atoms with E-state index in [1.165, 1.54) is 17.1 Å². The van der Waals surface area contributed by atoms with Gasteiger partial charge in [0, 0.05) is 17.1 Å². The zero-order valence-electron chi connectivity index (χ0n) is 13.4. The number of hydrogen-bond donors (Lipinski definition) is 0. The van der Waals surface area contributed by atoms with Crippen LogP contribution in [0.2, 0.25) is 0 Å². The Hall–Kier alpha value is -2.22. The Bertz CT molecular complexity index is 668. The van der Waals surface area contributed by atoms with E-state index in [0.717, 1.165) is 10.0 Å². The van der Waals surface area contributed by atoms with Gasteiger partial charge < -0.3 is 9.47 Å². The highest BCUT2D eigenvalue weighted by atomic mass is 79.9. The van der Waals surface area contributed by atoms with E-state index < -0.39 is 17.5 Å². The summed E-state index contributed by atoms with van der Waals surface area (Å²) in [5.41, 5.74) is -0.995. The third-order valence-corrected chi connectivity index (χ3v) is 3.94. The van der Waals surface area contributed by atoms with Crippen LogP contribution in [0, 0.1) is 0 Å². The van der Waals surface area contributed by atoms with Crippen molar-refractivity contribution in [2.75, 3.05) is 13.2 Å². The number of carbonyl (C=O) groups excluding carboxylic acids is 2. The number of hydrogen-bond acceptors (Lipinski definition) is 6. The number of benzene rings is 1. The van der Waals surface area contributed by atoms with Gasteiger partial charge in [0.2, 0.25) is 0 Å². The van der Waals surface area contributed by atoms with Crippen LogP contribution < -0.4 is 0 Å². The summed E-state index contributed by atoms with van der Waals surface area (Å²) in [6.07, 6.45) is 2.89. The molecule has 0 atom stereocenters. The molecule has 24 heavy (non-hydrogen) atoms. The molecule has 0 N–H and O–H groups in total. The quantitative estimate of drug-likeness (QED) is 0.527.